The average molecular weight is 421 g/mol. The molecule has 1 fully saturated rings. The largest absolute Gasteiger partial charge is 0.497 e. The Bertz CT molecular complexity index is 857. The van der Waals surface area contributed by atoms with Gasteiger partial charge in [-0.3, -0.25) is 9.69 Å². The summed E-state index contributed by atoms with van der Waals surface area (Å²) in [6.45, 7) is 1.11. The molecule has 1 amide bonds. The van der Waals surface area contributed by atoms with Gasteiger partial charge >= 0.3 is 0 Å². The van der Waals surface area contributed by atoms with Crippen molar-refractivity contribution >= 4 is 17.5 Å². The van der Waals surface area contributed by atoms with E-state index in [9.17, 15) is 9.18 Å². The van der Waals surface area contributed by atoms with Gasteiger partial charge in [-0.1, -0.05) is 17.7 Å². The number of rotatable bonds is 7. The van der Waals surface area contributed by atoms with E-state index < -0.39 is 0 Å². The quantitative estimate of drug-likeness (QED) is 0.670. The molecule has 7 heteroatoms. The van der Waals surface area contributed by atoms with Crippen LogP contribution >= 0.6 is 11.6 Å². The van der Waals surface area contributed by atoms with Gasteiger partial charge in [0, 0.05) is 29.2 Å². The van der Waals surface area contributed by atoms with E-state index in [1.54, 1.807) is 38.3 Å². The minimum Gasteiger partial charge on any atom is -0.497 e. The molecule has 29 heavy (non-hydrogen) atoms. The van der Waals surface area contributed by atoms with Crippen LogP contribution in [0, 0.1) is 5.82 Å². The molecule has 1 aliphatic heterocycles. The van der Waals surface area contributed by atoms with Crippen LogP contribution in [-0.4, -0.2) is 50.1 Å². The summed E-state index contributed by atoms with van der Waals surface area (Å²) in [5.74, 6) is 1.10. The predicted molar refractivity (Wildman–Crippen MR) is 111 cm³/mol. The van der Waals surface area contributed by atoms with E-state index in [4.69, 9.17) is 21.1 Å². The van der Waals surface area contributed by atoms with Crippen molar-refractivity contribution in [3.05, 3.63) is 58.4 Å². The molecule has 1 atom stereocenters. The van der Waals surface area contributed by atoms with Crippen molar-refractivity contribution in [1.29, 1.82) is 0 Å². The predicted octanol–water partition coefficient (Wildman–Crippen LogP) is 4.29. The first-order valence-corrected chi connectivity index (χ1v) is 9.95. The number of carbonyl (C=O) groups is 1. The van der Waals surface area contributed by atoms with Crippen LogP contribution in [0.1, 0.15) is 30.0 Å². The molecule has 156 valence electrons. The first kappa shape index (κ1) is 21.4. The molecular formula is C22H26ClFN2O3. The maximum atomic E-state index is 14.1. The van der Waals surface area contributed by atoms with Gasteiger partial charge in [-0.25, -0.2) is 4.39 Å². The minimum atomic E-state index is -0.364. The van der Waals surface area contributed by atoms with E-state index >= 15 is 0 Å². The zero-order valence-corrected chi connectivity index (χ0v) is 17.7. The Hall–Kier alpha value is -2.31. The maximum absolute atomic E-state index is 14.1. The van der Waals surface area contributed by atoms with E-state index in [1.807, 2.05) is 23.1 Å². The Balaban J connectivity index is 1.73. The summed E-state index contributed by atoms with van der Waals surface area (Å²) < 4.78 is 24.9. The second-order valence-electron chi connectivity index (χ2n) is 7.23. The van der Waals surface area contributed by atoms with Gasteiger partial charge in [-0.2, -0.15) is 0 Å². The average Bonchev–Trinajstić information content (AvgIpc) is 3.20. The number of benzene rings is 2. The summed E-state index contributed by atoms with van der Waals surface area (Å²) >= 11 is 6.11. The molecule has 0 aliphatic carbocycles. The third kappa shape index (κ3) is 4.82. The van der Waals surface area contributed by atoms with Crippen molar-refractivity contribution in [3.63, 3.8) is 0 Å². The molecule has 0 unspecified atom stereocenters. The number of likely N-dealkylation sites (N-methyl/N-ethyl adjacent to an activating group) is 1. The van der Waals surface area contributed by atoms with Gasteiger partial charge in [0.2, 0.25) is 5.91 Å². The number of methoxy groups -OCH3 is 2. The van der Waals surface area contributed by atoms with Crippen molar-refractivity contribution in [3.8, 4) is 11.5 Å². The smallest absolute Gasteiger partial charge is 0.237 e. The Morgan fingerprint density at radius 3 is 2.76 bits per heavy atom. The SMILES string of the molecule is COc1ccc(OC)c([C@@H]2CCCN2C(=O)CN(C)Cc2c(F)cccc2Cl)c1. The molecule has 1 saturated heterocycles. The summed E-state index contributed by atoms with van der Waals surface area (Å²) in [4.78, 5) is 16.7. The van der Waals surface area contributed by atoms with E-state index in [2.05, 4.69) is 0 Å². The summed E-state index contributed by atoms with van der Waals surface area (Å²) in [7, 11) is 5.03. The van der Waals surface area contributed by atoms with Gasteiger partial charge in [-0.05, 0) is 50.2 Å². The van der Waals surface area contributed by atoms with Crippen LogP contribution in [0.15, 0.2) is 36.4 Å². The molecular weight excluding hydrogens is 395 g/mol. The first-order valence-electron chi connectivity index (χ1n) is 9.57. The number of amides is 1. The summed E-state index contributed by atoms with van der Waals surface area (Å²) in [6, 6.07) is 10.2. The van der Waals surface area contributed by atoms with Gasteiger partial charge in [0.25, 0.3) is 0 Å². The number of likely N-dealkylation sites (tertiary alicyclic amines) is 1. The molecule has 5 nitrogen and oxygen atoms in total. The van der Waals surface area contributed by atoms with Gasteiger partial charge < -0.3 is 14.4 Å². The molecule has 3 rings (SSSR count). The highest BCUT2D eigenvalue weighted by Crippen LogP contribution is 2.39. The summed E-state index contributed by atoms with van der Waals surface area (Å²) in [6.07, 6.45) is 1.78. The number of nitrogens with zero attached hydrogens (tertiary/aromatic N) is 2. The van der Waals surface area contributed by atoms with Crippen LogP contribution in [0.2, 0.25) is 5.02 Å². The Labute approximate surface area is 176 Å². The number of carbonyl (C=O) groups excluding carboxylic acids is 1. The molecule has 2 aromatic carbocycles. The highest BCUT2D eigenvalue weighted by Gasteiger charge is 2.32. The molecule has 0 saturated carbocycles. The van der Waals surface area contributed by atoms with Crippen molar-refractivity contribution in [2.75, 3.05) is 34.4 Å². The van der Waals surface area contributed by atoms with Crippen molar-refractivity contribution in [2.24, 2.45) is 0 Å². The van der Waals surface area contributed by atoms with E-state index in [0.29, 0.717) is 17.1 Å². The zero-order chi connectivity index (χ0) is 21.0. The number of halogens is 2. The summed E-state index contributed by atoms with van der Waals surface area (Å²) in [5.41, 5.74) is 1.34. The van der Waals surface area contributed by atoms with Crippen molar-refractivity contribution in [2.45, 2.75) is 25.4 Å². The van der Waals surface area contributed by atoms with Crippen LogP contribution in [-0.2, 0) is 11.3 Å². The fourth-order valence-electron chi connectivity index (χ4n) is 3.82. The minimum absolute atomic E-state index is 0.00710. The number of hydrogen-bond acceptors (Lipinski definition) is 4. The zero-order valence-electron chi connectivity index (χ0n) is 17.0. The van der Waals surface area contributed by atoms with E-state index in [-0.39, 0.29) is 30.9 Å². The lowest BCUT2D eigenvalue weighted by atomic mass is 10.0. The lowest BCUT2D eigenvalue weighted by Crippen LogP contribution is -2.38. The molecule has 0 radical (unpaired) electrons. The Morgan fingerprint density at radius 2 is 2.07 bits per heavy atom. The molecule has 0 aromatic heterocycles. The van der Waals surface area contributed by atoms with Gasteiger partial charge in [0.1, 0.15) is 17.3 Å². The molecule has 2 aromatic rings. The van der Waals surface area contributed by atoms with Crippen LogP contribution in [0.5, 0.6) is 11.5 Å². The van der Waals surface area contributed by atoms with Crippen LogP contribution < -0.4 is 9.47 Å². The highest BCUT2D eigenvalue weighted by atomic mass is 35.5. The summed E-state index contributed by atoms with van der Waals surface area (Å²) in [5, 5.41) is 0.365. The highest BCUT2D eigenvalue weighted by molar-refractivity contribution is 6.31. The fraction of sp³-hybridized carbons (Fsp3) is 0.409. The molecule has 1 aliphatic rings. The van der Waals surface area contributed by atoms with Crippen molar-refractivity contribution in [1.82, 2.24) is 9.80 Å². The standard InChI is InChI=1S/C22H26ClFN2O3/c1-25(13-17-18(23)6-4-7-19(17)24)14-22(27)26-11-5-8-20(26)16-12-15(28-2)9-10-21(16)29-3/h4,6-7,9-10,12,20H,5,8,11,13-14H2,1-3H3/t20-/m0/s1. The Morgan fingerprint density at radius 1 is 1.28 bits per heavy atom. The van der Waals surface area contributed by atoms with Crippen LogP contribution in [0.25, 0.3) is 0 Å². The molecule has 0 bridgehead atoms. The number of ether oxygens (including phenoxy) is 2. The molecule has 0 spiro atoms. The van der Waals surface area contributed by atoms with E-state index in [0.717, 1.165) is 29.9 Å². The Kier molecular flexibility index (Phi) is 6.98. The third-order valence-electron chi connectivity index (χ3n) is 5.26. The molecule has 0 N–H and O–H groups in total. The third-order valence-corrected chi connectivity index (χ3v) is 5.62. The van der Waals surface area contributed by atoms with Crippen LogP contribution in [0.3, 0.4) is 0 Å². The van der Waals surface area contributed by atoms with Gasteiger partial charge in [0.15, 0.2) is 0 Å². The lowest BCUT2D eigenvalue weighted by Gasteiger charge is -2.28. The molecule has 1 heterocycles. The van der Waals surface area contributed by atoms with E-state index in [1.165, 1.54) is 6.07 Å². The monoisotopic (exact) mass is 420 g/mol. The maximum Gasteiger partial charge on any atom is 0.237 e. The lowest BCUT2D eigenvalue weighted by molar-refractivity contribution is -0.133. The second kappa shape index (κ2) is 9.46. The van der Waals surface area contributed by atoms with Crippen molar-refractivity contribution < 1.29 is 18.7 Å². The van der Waals surface area contributed by atoms with Gasteiger partial charge in [-0.15, -0.1) is 0 Å². The first-order chi connectivity index (χ1) is 13.9. The number of hydrogen-bond donors (Lipinski definition) is 0. The van der Waals surface area contributed by atoms with Gasteiger partial charge in [0.05, 0.1) is 26.8 Å². The van der Waals surface area contributed by atoms with Crippen LogP contribution in [0.4, 0.5) is 4.39 Å². The fourth-order valence-corrected chi connectivity index (χ4v) is 4.04. The second-order valence-corrected chi connectivity index (χ2v) is 7.63. The topological polar surface area (TPSA) is 42.0 Å². The normalized spacial score (nSPS) is 16.3.